The van der Waals surface area contributed by atoms with Crippen molar-refractivity contribution in [2.45, 2.75) is 25.9 Å². The zero-order valence-corrected chi connectivity index (χ0v) is 12.3. The van der Waals surface area contributed by atoms with E-state index < -0.39 is 0 Å². The topological polar surface area (TPSA) is 59.1 Å². The van der Waals surface area contributed by atoms with Gasteiger partial charge < -0.3 is 14.4 Å². The molecule has 6 nitrogen and oxygen atoms in total. The fourth-order valence-corrected chi connectivity index (χ4v) is 2.79. The molecule has 2 rings (SSSR count). The second kappa shape index (κ2) is 7.04. The molecule has 2 aliphatic rings. The highest BCUT2D eigenvalue weighted by molar-refractivity contribution is 5.79. The minimum atomic E-state index is -0.180. The van der Waals surface area contributed by atoms with Crippen LogP contribution >= 0.6 is 0 Å². The summed E-state index contributed by atoms with van der Waals surface area (Å²) in [6.07, 6.45) is 1.45. The lowest BCUT2D eigenvalue weighted by molar-refractivity contribution is -0.142. The van der Waals surface area contributed by atoms with Crippen LogP contribution in [0.15, 0.2) is 0 Å². The van der Waals surface area contributed by atoms with Gasteiger partial charge in [0.15, 0.2) is 0 Å². The highest BCUT2D eigenvalue weighted by Crippen LogP contribution is 2.21. The first-order valence-corrected chi connectivity index (χ1v) is 7.29. The average molecular weight is 284 g/mol. The summed E-state index contributed by atoms with van der Waals surface area (Å²) in [5.41, 5.74) is 0. The molecule has 0 aromatic rings. The highest BCUT2D eigenvalue weighted by atomic mass is 16.5. The van der Waals surface area contributed by atoms with Crippen molar-refractivity contribution in [1.82, 2.24) is 9.80 Å². The molecule has 114 valence electrons. The molecule has 2 fully saturated rings. The van der Waals surface area contributed by atoms with Gasteiger partial charge in [0, 0.05) is 32.7 Å². The zero-order valence-electron chi connectivity index (χ0n) is 12.3. The number of rotatable bonds is 4. The van der Waals surface area contributed by atoms with E-state index in [0.717, 1.165) is 32.6 Å². The number of carbonyl (C=O) groups is 2. The molecule has 2 heterocycles. The zero-order chi connectivity index (χ0) is 14.5. The van der Waals surface area contributed by atoms with Gasteiger partial charge >= 0.3 is 5.97 Å². The number of hydrogen-bond acceptors (Lipinski definition) is 5. The molecule has 2 saturated heterocycles. The summed E-state index contributed by atoms with van der Waals surface area (Å²) in [6.45, 7) is 6.41. The molecule has 0 aliphatic carbocycles. The van der Waals surface area contributed by atoms with Crippen LogP contribution in [-0.2, 0) is 19.1 Å². The molecule has 0 spiro atoms. The Hall–Kier alpha value is -1.14. The van der Waals surface area contributed by atoms with Gasteiger partial charge in [-0.1, -0.05) is 0 Å². The Kier molecular flexibility index (Phi) is 5.37. The summed E-state index contributed by atoms with van der Waals surface area (Å²) >= 11 is 0. The maximum atomic E-state index is 12.3. The third kappa shape index (κ3) is 3.93. The summed E-state index contributed by atoms with van der Waals surface area (Å²) < 4.78 is 10.1. The average Bonchev–Trinajstić information content (AvgIpc) is 2.91. The van der Waals surface area contributed by atoms with Crippen molar-refractivity contribution in [3.8, 4) is 0 Å². The van der Waals surface area contributed by atoms with E-state index in [2.05, 4.69) is 9.64 Å². The van der Waals surface area contributed by atoms with Gasteiger partial charge in [-0.15, -0.1) is 0 Å². The van der Waals surface area contributed by atoms with E-state index in [0.29, 0.717) is 19.6 Å². The molecule has 2 unspecified atom stereocenters. The lowest BCUT2D eigenvalue weighted by atomic mass is 10.0. The van der Waals surface area contributed by atoms with Crippen molar-refractivity contribution in [1.29, 1.82) is 0 Å². The van der Waals surface area contributed by atoms with Crippen LogP contribution in [0.5, 0.6) is 0 Å². The Morgan fingerprint density at radius 3 is 2.50 bits per heavy atom. The molecular formula is C14H24N2O4. The third-order valence-corrected chi connectivity index (χ3v) is 4.09. The number of esters is 1. The van der Waals surface area contributed by atoms with Crippen LogP contribution in [0.4, 0.5) is 0 Å². The van der Waals surface area contributed by atoms with Crippen LogP contribution < -0.4 is 0 Å². The van der Waals surface area contributed by atoms with Crippen LogP contribution in [0.3, 0.4) is 0 Å². The van der Waals surface area contributed by atoms with Gasteiger partial charge in [-0.2, -0.15) is 0 Å². The molecule has 1 amide bonds. The summed E-state index contributed by atoms with van der Waals surface area (Å²) in [5.74, 6) is 0.0779. The number of methoxy groups -OCH3 is 1. The maximum Gasteiger partial charge on any atom is 0.306 e. The van der Waals surface area contributed by atoms with Crippen molar-refractivity contribution >= 4 is 11.9 Å². The van der Waals surface area contributed by atoms with E-state index in [1.54, 1.807) is 0 Å². The van der Waals surface area contributed by atoms with E-state index in [4.69, 9.17) is 4.74 Å². The van der Waals surface area contributed by atoms with Gasteiger partial charge in [0.25, 0.3) is 0 Å². The standard InChI is InChI=1S/C14H24N2O4/c1-11-9-12(10-20-11)14(18)16-7-5-15(6-8-16)4-3-13(17)19-2/h11-12H,3-10H2,1-2H3. The van der Waals surface area contributed by atoms with Gasteiger partial charge in [-0.25, -0.2) is 0 Å². The molecular weight excluding hydrogens is 260 g/mol. The Morgan fingerprint density at radius 1 is 1.25 bits per heavy atom. The highest BCUT2D eigenvalue weighted by Gasteiger charge is 2.32. The third-order valence-electron chi connectivity index (χ3n) is 4.09. The SMILES string of the molecule is COC(=O)CCN1CCN(C(=O)C2COC(C)C2)CC1. The van der Waals surface area contributed by atoms with Crippen molar-refractivity contribution in [2.75, 3.05) is 46.4 Å². The number of amides is 1. The van der Waals surface area contributed by atoms with Crippen LogP contribution in [0.25, 0.3) is 0 Å². The number of carbonyl (C=O) groups excluding carboxylic acids is 2. The second-order valence-electron chi connectivity index (χ2n) is 5.57. The molecule has 0 aromatic carbocycles. The van der Waals surface area contributed by atoms with Crippen molar-refractivity contribution in [3.05, 3.63) is 0 Å². The van der Waals surface area contributed by atoms with Crippen LogP contribution in [0.1, 0.15) is 19.8 Å². The summed E-state index contributed by atoms with van der Waals surface area (Å²) in [4.78, 5) is 27.6. The van der Waals surface area contributed by atoms with Crippen LogP contribution in [0.2, 0.25) is 0 Å². The van der Waals surface area contributed by atoms with Gasteiger partial charge in [0.05, 0.1) is 32.2 Å². The molecule has 2 atom stereocenters. The van der Waals surface area contributed by atoms with Gasteiger partial charge in [-0.3, -0.25) is 14.5 Å². The van der Waals surface area contributed by atoms with E-state index in [1.807, 2.05) is 11.8 Å². The summed E-state index contributed by atoms with van der Waals surface area (Å²) in [7, 11) is 1.41. The number of nitrogens with zero attached hydrogens (tertiary/aromatic N) is 2. The molecule has 20 heavy (non-hydrogen) atoms. The normalized spacial score (nSPS) is 27.6. The van der Waals surface area contributed by atoms with Gasteiger partial charge in [-0.05, 0) is 13.3 Å². The molecule has 0 aromatic heterocycles. The minimum absolute atomic E-state index is 0.0339. The maximum absolute atomic E-state index is 12.3. The molecule has 0 radical (unpaired) electrons. The molecule has 2 aliphatic heterocycles. The van der Waals surface area contributed by atoms with E-state index >= 15 is 0 Å². The summed E-state index contributed by atoms with van der Waals surface area (Å²) in [6, 6.07) is 0. The minimum Gasteiger partial charge on any atom is -0.469 e. The second-order valence-corrected chi connectivity index (χ2v) is 5.57. The first-order chi connectivity index (χ1) is 9.60. The van der Waals surface area contributed by atoms with Crippen molar-refractivity contribution in [3.63, 3.8) is 0 Å². The predicted molar refractivity (Wildman–Crippen MR) is 73.2 cm³/mol. The molecule has 6 heteroatoms. The van der Waals surface area contributed by atoms with Crippen LogP contribution in [0, 0.1) is 5.92 Å². The van der Waals surface area contributed by atoms with Crippen LogP contribution in [-0.4, -0.2) is 74.2 Å². The number of piperazine rings is 1. The number of hydrogen-bond donors (Lipinski definition) is 0. The van der Waals surface area contributed by atoms with Gasteiger partial charge in [0.2, 0.25) is 5.91 Å². The largest absolute Gasteiger partial charge is 0.469 e. The Bertz CT molecular complexity index is 353. The monoisotopic (exact) mass is 284 g/mol. The molecule has 0 bridgehead atoms. The Labute approximate surface area is 120 Å². The van der Waals surface area contributed by atoms with E-state index in [-0.39, 0.29) is 23.9 Å². The molecule has 0 N–H and O–H groups in total. The number of ether oxygens (including phenoxy) is 2. The predicted octanol–water partition coefficient (Wildman–Crippen LogP) is 0.119. The van der Waals surface area contributed by atoms with Crippen molar-refractivity contribution in [2.24, 2.45) is 5.92 Å². The van der Waals surface area contributed by atoms with Crippen molar-refractivity contribution < 1.29 is 19.1 Å². The van der Waals surface area contributed by atoms with Gasteiger partial charge in [0.1, 0.15) is 0 Å². The summed E-state index contributed by atoms with van der Waals surface area (Å²) in [5, 5.41) is 0. The Balaban J connectivity index is 1.71. The first kappa shape index (κ1) is 15.3. The quantitative estimate of drug-likeness (QED) is 0.686. The first-order valence-electron chi connectivity index (χ1n) is 7.29. The smallest absolute Gasteiger partial charge is 0.306 e. The van der Waals surface area contributed by atoms with E-state index in [9.17, 15) is 9.59 Å². The Morgan fingerprint density at radius 2 is 1.95 bits per heavy atom. The fourth-order valence-electron chi connectivity index (χ4n) is 2.79. The molecule has 0 saturated carbocycles. The van der Waals surface area contributed by atoms with E-state index in [1.165, 1.54) is 7.11 Å². The fraction of sp³-hybridized carbons (Fsp3) is 0.857. The lowest BCUT2D eigenvalue weighted by Crippen LogP contribution is -2.50. The lowest BCUT2D eigenvalue weighted by Gasteiger charge is -2.35.